The number of halogens is 2. The molecule has 2 heterocycles. The fourth-order valence-electron chi connectivity index (χ4n) is 2.54. The number of hydrogen-bond donors (Lipinski definition) is 0. The van der Waals surface area contributed by atoms with Crippen LogP contribution in [0.15, 0.2) is 23.3 Å². The van der Waals surface area contributed by atoms with Crippen LogP contribution in [0.25, 0.3) is 0 Å². The van der Waals surface area contributed by atoms with Crippen LogP contribution in [0.1, 0.15) is 37.4 Å². The van der Waals surface area contributed by atoms with Crippen molar-refractivity contribution >= 4 is 23.2 Å². The van der Waals surface area contributed by atoms with Crippen LogP contribution in [0.5, 0.6) is 0 Å². The molecule has 1 aliphatic rings. The summed E-state index contributed by atoms with van der Waals surface area (Å²) in [6, 6.07) is 2.40. The van der Waals surface area contributed by atoms with Crippen LogP contribution in [0.4, 0.5) is 0 Å². The van der Waals surface area contributed by atoms with Crippen molar-refractivity contribution in [1.29, 1.82) is 0 Å². The highest BCUT2D eigenvalue weighted by molar-refractivity contribution is 6.41. The maximum atomic E-state index is 11.9. The van der Waals surface area contributed by atoms with Crippen molar-refractivity contribution in [3.8, 4) is 0 Å². The molecule has 0 spiro atoms. The Hall–Kier alpha value is -1.33. The minimum atomic E-state index is -0.394. The zero-order chi connectivity index (χ0) is 14.1. The molecule has 5 nitrogen and oxygen atoms in total. The van der Waals surface area contributed by atoms with Crippen molar-refractivity contribution < 1.29 is 0 Å². The minimum absolute atomic E-state index is 0.00288. The minimum Gasteiger partial charge on any atom is -0.269 e. The molecule has 0 radical (unpaired) electrons. The van der Waals surface area contributed by atoms with Crippen LogP contribution >= 0.6 is 23.2 Å². The third kappa shape index (κ3) is 2.60. The average Bonchev–Trinajstić information content (AvgIpc) is 3.10. The molecule has 106 valence electrons. The molecule has 3 rings (SSSR count). The fraction of sp³-hybridized carbons (Fsp3) is 0.462. The number of rotatable bonds is 3. The molecule has 0 aliphatic heterocycles. The number of aromatic nitrogens is 4. The third-order valence-electron chi connectivity index (χ3n) is 3.62. The van der Waals surface area contributed by atoms with Gasteiger partial charge in [0.15, 0.2) is 0 Å². The van der Waals surface area contributed by atoms with Gasteiger partial charge in [-0.25, -0.2) is 4.68 Å². The van der Waals surface area contributed by atoms with Gasteiger partial charge in [0.2, 0.25) is 0 Å². The highest BCUT2D eigenvalue weighted by Crippen LogP contribution is 2.28. The lowest BCUT2D eigenvalue weighted by molar-refractivity contribution is 0.459. The first-order valence-corrected chi connectivity index (χ1v) is 7.36. The van der Waals surface area contributed by atoms with Crippen molar-refractivity contribution in [2.75, 3.05) is 0 Å². The van der Waals surface area contributed by atoms with E-state index in [0.717, 1.165) is 5.69 Å². The van der Waals surface area contributed by atoms with Gasteiger partial charge in [0, 0.05) is 6.20 Å². The van der Waals surface area contributed by atoms with Crippen LogP contribution in [0.2, 0.25) is 10.0 Å². The molecule has 1 saturated carbocycles. The van der Waals surface area contributed by atoms with Crippen molar-refractivity contribution in [3.05, 3.63) is 44.6 Å². The van der Waals surface area contributed by atoms with Gasteiger partial charge in [-0.3, -0.25) is 9.48 Å². The Bertz CT molecular complexity index is 673. The van der Waals surface area contributed by atoms with E-state index in [2.05, 4.69) is 10.2 Å². The maximum Gasteiger partial charge on any atom is 0.287 e. The maximum absolute atomic E-state index is 11.9. The van der Waals surface area contributed by atoms with Crippen molar-refractivity contribution in [2.45, 2.75) is 38.3 Å². The Morgan fingerprint density at radius 3 is 2.80 bits per heavy atom. The van der Waals surface area contributed by atoms with Crippen LogP contribution in [0, 0.1) is 0 Å². The molecule has 0 N–H and O–H groups in total. The van der Waals surface area contributed by atoms with Gasteiger partial charge < -0.3 is 0 Å². The van der Waals surface area contributed by atoms with Gasteiger partial charge >= 0.3 is 0 Å². The van der Waals surface area contributed by atoms with Gasteiger partial charge in [-0.15, -0.1) is 0 Å². The Balaban J connectivity index is 1.81. The molecule has 7 heteroatoms. The van der Waals surface area contributed by atoms with E-state index in [4.69, 9.17) is 23.2 Å². The average molecular weight is 313 g/mol. The largest absolute Gasteiger partial charge is 0.287 e. The Morgan fingerprint density at radius 2 is 2.05 bits per heavy atom. The first-order chi connectivity index (χ1) is 9.65. The van der Waals surface area contributed by atoms with Crippen LogP contribution in [0.3, 0.4) is 0 Å². The van der Waals surface area contributed by atoms with Gasteiger partial charge in [0.05, 0.1) is 29.5 Å². The molecule has 2 aromatic rings. The van der Waals surface area contributed by atoms with Gasteiger partial charge in [0.1, 0.15) is 5.02 Å². The van der Waals surface area contributed by atoms with Gasteiger partial charge in [0.25, 0.3) is 5.56 Å². The Labute approximate surface area is 126 Å². The first-order valence-electron chi connectivity index (χ1n) is 6.60. The van der Waals surface area contributed by atoms with Crippen LogP contribution in [-0.4, -0.2) is 19.6 Å². The van der Waals surface area contributed by atoms with Crippen molar-refractivity contribution in [2.24, 2.45) is 0 Å². The van der Waals surface area contributed by atoms with E-state index < -0.39 is 5.56 Å². The highest BCUT2D eigenvalue weighted by atomic mass is 35.5. The second-order valence-electron chi connectivity index (χ2n) is 4.99. The van der Waals surface area contributed by atoms with E-state index in [0.29, 0.717) is 12.6 Å². The zero-order valence-electron chi connectivity index (χ0n) is 10.8. The monoisotopic (exact) mass is 312 g/mol. The van der Waals surface area contributed by atoms with E-state index in [1.807, 2.05) is 16.9 Å². The lowest BCUT2D eigenvalue weighted by Gasteiger charge is -2.09. The van der Waals surface area contributed by atoms with Gasteiger partial charge in [-0.05, 0) is 18.9 Å². The second kappa shape index (κ2) is 5.58. The smallest absolute Gasteiger partial charge is 0.269 e. The second-order valence-corrected chi connectivity index (χ2v) is 5.78. The quantitative estimate of drug-likeness (QED) is 0.875. The summed E-state index contributed by atoms with van der Waals surface area (Å²) in [6.07, 6.45) is 8.20. The summed E-state index contributed by atoms with van der Waals surface area (Å²) in [7, 11) is 0. The molecule has 1 fully saturated rings. The summed E-state index contributed by atoms with van der Waals surface area (Å²) in [5, 5.41) is 8.67. The summed E-state index contributed by atoms with van der Waals surface area (Å²) in [5.74, 6) is 0. The summed E-state index contributed by atoms with van der Waals surface area (Å²) < 4.78 is 3.26. The third-order valence-corrected chi connectivity index (χ3v) is 4.37. The van der Waals surface area contributed by atoms with E-state index in [1.165, 1.54) is 36.6 Å². The Kier molecular flexibility index (Phi) is 3.81. The molecule has 0 bridgehead atoms. The SMILES string of the molecule is O=c1c(Cl)c(Cl)cnn1Cc1ccn(C2CCCC2)n1. The van der Waals surface area contributed by atoms with E-state index >= 15 is 0 Å². The first kappa shape index (κ1) is 13.6. The van der Waals surface area contributed by atoms with Gasteiger partial charge in [-0.2, -0.15) is 10.2 Å². The summed E-state index contributed by atoms with van der Waals surface area (Å²) in [4.78, 5) is 11.9. The molecule has 0 unspecified atom stereocenters. The number of hydrogen-bond acceptors (Lipinski definition) is 3. The van der Waals surface area contributed by atoms with Crippen LogP contribution in [-0.2, 0) is 6.54 Å². The molecule has 0 amide bonds. The van der Waals surface area contributed by atoms with E-state index in [-0.39, 0.29) is 10.0 Å². The highest BCUT2D eigenvalue weighted by Gasteiger charge is 2.18. The van der Waals surface area contributed by atoms with Gasteiger partial charge in [-0.1, -0.05) is 36.0 Å². The molecule has 20 heavy (non-hydrogen) atoms. The summed E-state index contributed by atoms with van der Waals surface area (Å²) >= 11 is 11.6. The molecular weight excluding hydrogens is 299 g/mol. The topological polar surface area (TPSA) is 52.7 Å². The van der Waals surface area contributed by atoms with Crippen LogP contribution < -0.4 is 5.56 Å². The summed E-state index contributed by atoms with van der Waals surface area (Å²) in [5.41, 5.74) is 0.402. The zero-order valence-corrected chi connectivity index (χ0v) is 12.3. The fourth-order valence-corrected chi connectivity index (χ4v) is 2.82. The predicted molar refractivity (Wildman–Crippen MR) is 77.4 cm³/mol. The van der Waals surface area contributed by atoms with Crippen molar-refractivity contribution in [3.63, 3.8) is 0 Å². The predicted octanol–water partition coefficient (Wildman–Crippen LogP) is 2.91. The molecule has 0 aromatic carbocycles. The lowest BCUT2D eigenvalue weighted by Crippen LogP contribution is -2.24. The Morgan fingerprint density at radius 1 is 1.30 bits per heavy atom. The molecule has 0 atom stereocenters. The molecule has 0 saturated heterocycles. The van der Waals surface area contributed by atoms with Crippen molar-refractivity contribution in [1.82, 2.24) is 19.6 Å². The summed E-state index contributed by atoms with van der Waals surface area (Å²) in [6.45, 7) is 0.301. The molecule has 1 aliphatic carbocycles. The standard InChI is InChI=1S/C13H14Cl2N4O/c14-11-7-16-19(13(20)12(11)15)8-9-5-6-18(17-9)10-3-1-2-4-10/h5-7,10H,1-4,8H2. The number of nitrogens with zero attached hydrogens (tertiary/aromatic N) is 4. The molecular formula is C13H14Cl2N4O. The van der Waals surface area contributed by atoms with E-state index in [1.54, 1.807) is 0 Å². The van der Waals surface area contributed by atoms with E-state index in [9.17, 15) is 4.79 Å². The lowest BCUT2D eigenvalue weighted by atomic mass is 10.3. The molecule has 2 aromatic heterocycles. The normalized spacial score (nSPS) is 15.9.